The molecule has 0 saturated heterocycles. The third kappa shape index (κ3) is 18.2. The second-order valence-electron chi connectivity index (χ2n) is 18.9. The van der Waals surface area contributed by atoms with Crippen molar-refractivity contribution in [2.24, 2.45) is 5.92 Å². The summed E-state index contributed by atoms with van der Waals surface area (Å²) in [5.41, 5.74) is 0.806. The molecule has 1 heterocycles. The van der Waals surface area contributed by atoms with Crippen LogP contribution in [-0.4, -0.2) is 130 Å². The summed E-state index contributed by atoms with van der Waals surface area (Å²) in [5.74, 6) is -7.87. The number of carbonyl (C=O) groups is 9. The fourth-order valence-corrected chi connectivity index (χ4v) is 8.64. The molecule has 0 spiro atoms. The molecule has 392 valence electrons. The van der Waals surface area contributed by atoms with Crippen molar-refractivity contribution in [1.29, 1.82) is 0 Å². The van der Waals surface area contributed by atoms with E-state index >= 15 is 0 Å². The number of amides is 6. The molecule has 6 atom stereocenters. The van der Waals surface area contributed by atoms with Gasteiger partial charge in [0.15, 0.2) is 11.6 Å². The molecule has 18 nitrogen and oxygen atoms in total. The molecule has 18 heteroatoms. The first-order valence-electron chi connectivity index (χ1n) is 25.3. The maximum absolute atomic E-state index is 14.3. The zero-order valence-electron chi connectivity index (χ0n) is 42.8. The molecule has 0 radical (unpaired) electrons. The average molecular weight is 991 g/mol. The molecule has 6 amide bonds. The summed E-state index contributed by atoms with van der Waals surface area (Å²) < 4.78 is 0. The lowest BCUT2D eigenvalue weighted by atomic mass is 9.89. The number of aromatic hydroxyl groups is 2. The Morgan fingerprint density at radius 3 is 1.86 bits per heavy atom. The zero-order chi connectivity index (χ0) is 52.8. The summed E-state index contributed by atoms with van der Waals surface area (Å²) in [4.78, 5) is 122. The number of ketones is 3. The second-order valence-corrected chi connectivity index (χ2v) is 18.9. The van der Waals surface area contributed by atoms with Crippen molar-refractivity contribution in [3.05, 3.63) is 47.5 Å². The first kappa shape index (κ1) is 59.1. The molecule has 0 fully saturated rings. The Morgan fingerprint density at radius 2 is 1.28 bits per heavy atom. The first-order valence-corrected chi connectivity index (χ1v) is 25.3. The minimum atomic E-state index is -1.37. The number of hydrogen-bond donors (Lipinski definition) is 7. The number of rotatable bonds is 27. The SMILES string of the molecule is CCCCCCCCCCCCCCCC(=O)N(C)[C@H](CO)C(=O)N[C@H](C)C(=O)CCC(=O)N(C)[C@@H]1C(=O)C[C@@H](C)C(=O)N[C@H](C(=O)N[C@@H](C)C(=O)C(=O)NC)Cc2ccc(O)c(c2)-c2cc1ccc2O. The van der Waals surface area contributed by atoms with Crippen LogP contribution >= 0.6 is 0 Å². The summed E-state index contributed by atoms with van der Waals surface area (Å²) >= 11 is 0. The van der Waals surface area contributed by atoms with E-state index in [1.165, 1.54) is 141 Å². The lowest BCUT2D eigenvalue weighted by molar-refractivity contribution is -0.142. The maximum atomic E-state index is 14.3. The molecule has 1 aliphatic heterocycles. The van der Waals surface area contributed by atoms with Crippen molar-refractivity contribution >= 4 is 52.8 Å². The Balaban J connectivity index is 1.67. The number of carbonyl (C=O) groups excluding carboxylic acids is 9. The number of aliphatic hydroxyl groups is 1. The van der Waals surface area contributed by atoms with Crippen LogP contribution in [0.2, 0.25) is 0 Å². The maximum Gasteiger partial charge on any atom is 0.289 e. The van der Waals surface area contributed by atoms with Gasteiger partial charge in [0.2, 0.25) is 35.3 Å². The van der Waals surface area contributed by atoms with Gasteiger partial charge in [-0.05, 0) is 55.7 Å². The van der Waals surface area contributed by atoms with Crippen molar-refractivity contribution in [1.82, 2.24) is 31.1 Å². The van der Waals surface area contributed by atoms with Crippen molar-refractivity contribution in [3.8, 4) is 22.6 Å². The Bertz CT molecular complexity index is 2180. The molecule has 7 N–H and O–H groups in total. The molecule has 3 rings (SSSR count). The number of nitrogens with one attached hydrogen (secondary N) is 4. The molecule has 2 aromatic carbocycles. The third-order valence-corrected chi connectivity index (χ3v) is 13.3. The van der Waals surface area contributed by atoms with E-state index < -0.39 is 102 Å². The Kier molecular flexibility index (Phi) is 24.9. The summed E-state index contributed by atoms with van der Waals surface area (Å²) in [6.07, 6.45) is 13.9. The number of benzene rings is 2. The van der Waals surface area contributed by atoms with Gasteiger partial charge in [-0.1, -0.05) is 103 Å². The van der Waals surface area contributed by atoms with Crippen LogP contribution in [0, 0.1) is 5.92 Å². The Labute approximate surface area is 418 Å². The van der Waals surface area contributed by atoms with E-state index in [2.05, 4.69) is 28.2 Å². The molecule has 4 bridgehead atoms. The van der Waals surface area contributed by atoms with Crippen molar-refractivity contribution in [2.45, 2.75) is 173 Å². The summed E-state index contributed by atoms with van der Waals surface area (Å²) in [5, 5.41) is 42.0. The van der Waals surface area contributed by atoms with Gasteiger partial charge < -0.3 is 46.4 Å². The number of Topliss-reactive ketones (excluding diaryl/α,β-unsaturated/α-hetero) is 3. The molecular weight excluding hydrogens is 913 g/mol. The molecule has 71 heavy (non-hydrogen) atoms. The zero-order valence-corrected chi connectivity index (χ0v) is 42.8. The average Bonchev–Trinajstić information content (AvgIpc) is 3.34. The first-order chi connectivity index (χ1) is 33.7. The molecule has 0 aromatic heterocycles. The fourth-order valence-electron chi connectivity index (χ4n) is 8.64. The normalized spacial score (nSPS) is 17.1. The van der Waals surface area contributed by atoms with Crippen LogP contribution in [0.3, 0.4) is 0 Å². The standard InChI is InChI=1S/C53H78N6O12/c1-8-9-10-11-12-13-14-15-16-17-18-19-20-21-46(65)58(6)41(32-60)52(70)55-34(3)42(61)26-27-47(66)59(7)48-37-23-25-44(63)39(31-37)38-29-36(22-24-43(38)62)30-40(57-50(68)33(2)28-45(48)64)51(69)56-35(4)49(67)53(71)54-5/h22-25,29,31,33-35,40-41,48,60,62-63H,8-21,26-28,30,32H2,1-7H3,(H,54,71)(H,55,70)(H,56,69)(H,57,68)/t33-,34-,35+,40+,41-,48+/m1/s1. The topological polar surface area (TPSA) is 269 Å². The van der Waals surface area contributed by atoms with Crippen LogP contribution in [0.25, 0.3) is 11.1 Å². The van der Waals surface area contributed by atoms with Crippen LogP contribution in [0.5, 0.6) is 11.5 Å². The van der Waals surface area contributed by atoms with Gasteiger partial charge in [0.1, 0.15) is 29.6 Å². The van der Waals surface area contributed by atoms with E-state index in [4.69, 9.17) is 0 Å². The summed E-state index contributed by atoms with van der Waals surface area (Å²) in [6, 6.07) is 2.12. The fraction of sp³-hybridized carbons (Fsp3) is 0.604. The highest BCUT2D eigenvalue weighted by molar-refractivity contribution is 6.38. The van der Waals surface area contributed by atoms with Gasteiger partial charge in [0.25, 0.3) is 5.91 Å². The lowest BCUT2D eigenvalue weighted by Crippen LogP contribution is -2.54. The van der Waals surface area contributed by atoms with Crippen molar-refractivity contribution < 1.29 is 58.5 Å². The van der Waals surface area contributed by atoms with Gasteiger partial charge in [0, 0.05) is 70.3 Å². The van der Waals surface area contributed by atoms with E-state index in [0.717, 1.165) is 24.2 Å². The van der Waals surface area contributed by atoms with E-state index in [1.54, 1.807) is 0 Å². The van der Waals surface area contributed by atoms with Gasteiger partial charge in [-0.2, -0.15) is 0 Å². The number of phenols is 2. The number of aliphatic hydroxyl groups excluding tert-OH is 1. The van der Waals surface area contributed by atoms with Gasteiger partial charge in [-0.25, -0.2) is 0 Å². The molecule has 1 aliphatic rings. The highest BCUT2D eigenvalue weighted by atomic mass is 16.3. The highest BCUT2D eigenvalue weighted by Gasteiger charge is 2.35. The smallest absolute Gasteiger partial charge is 0.289 e. The summed E-state index contributed by atoms with van der Waals surface area (Å²) in [7, 11) is 4.04. The van der Waals surface area contributed by atoms with Gasteiger partial charge >= 0.3 is 0 Å². The number of nitrogens with zero attached hydrogens (tertiary/aromatic N) is 2. The minimum absolute atomic E-state index is 0.0771. The number of hydrogen-bond acceptors (Lipinski definition) is 12. The number of fused-ring (bicyclic) bond motifs is 5. The largest absolute Gasteiger partial charge is 0.507 e. The number of unbranched alkanes of at least 4 members (excludes halogenated alkanes) is 12. The second kappa shape index (κ2) is 29.9. The Morgan fingerprint density at radius 1 is 0.718 bits per heavy atom. The van der Waals surface area contributed by atoms with Crippen LogP contribution in [0.15, 0.2) is 36.4 Å². The van der Waals surface area contributed by atoms with E-state index in [0.29, 0.717) is 12.0 Å². The van der Waals surface area contributed by atoms with Gasteiger partial charge in [-0.15, -0.1) is 0 Å². The van der Waals surface area contributed by atoms with Crippen molar-refractivity contribution in [2.75, 3.05) is 27.7 Å². The molecule has 2 aromatic rings. The van der Waals surface area contributed by atoms with E-state index in [1.807, 2.05) is 0 Å². The Hall–Kier alpha value is -6.17. The highest BCUT2D eigenvalue weighted by Crippen LogP contribution is 2.39. The van der Waals surface area contributed by atoms with E-state index in [9.17, 15) is 58.5 Å². The van der Waals surface area contributed by atoms with E-state index in [-0.39, 0.29) is 53.4 Å². The molecule has 0 aliphatic carbocycles. The minimum Gasteiger partial charge on any atom is -0.507 e. The van der Waals surface area contributed by atoms with Gasteiger partial charge in [0.05, 0.1) is 18.7 Å². The van der Waals surface area contributed by atoms with Crippen molar-refractivity contribution in [3.63, 3.8) is 0 Å². The molecule has 0 unspecified atom stereocenters. The predicted octanol–water partition coefficient (Wildman–Crippen LogP) is 4.87. The quantitative estimate of drug-likeness (QED) is 0.0467. The van der Waals surface area contributed by atoms with Crippen LogP contribution in [0.1, 0.15) is 154 Å². The lowest BCUT2D eigenvalue weighted by Gasteiger charge is -2.30. The predicted molar refractivity (Wildman–Crippen MR) is 268 cm³/mol. The van der Waals surface area contributed by atoms with Crippen LogP contribution < -0.4 is 21.3 Å². The molecule has 0 saturated carbocycles. The summed E-state index contributed by atoms with van der Waals surface area (Å²) in [6.45, 7) is 5.73. The van der Waals surface area contributed by atoms with Crippen LogP contribution in [-0.2, 0) is 49.6 Å². The van der Waals surface area contributed by atoms with Crippen LogP contribution in [0.4, 0.5) is 0 Å². The monoisotopic (exact) mass is 991 g/mol. The number of likely N-dealkylation sites (N-methyl/N-ethyl adjacent to an activating group) is 3. The third-order valence-electron chi connectivity index (χ3n) is 13.3. The van der Waals surface area contributed by atoms with Gasteiger partial charge in [-0.3, -0.25) is 43.2 Å². The number of phenolic OH excluding ortho intramolecular Hbond substituents is 2. The molecular formula is C53H78N6O12.